The Bertz CT molecular complexity index is 126. The molecule has 3 nitrogen and oxygen atoms in total. The van der Waals surface area contributed by atoms with Crippen LogP contribution in [0, 0.1) is 0 Å². The number of Topliss-reactive ketones (excluding diaryl/α,β-unsaturated/α-hetero) is 1. The van der Waals surface area contributed by atoms with E-state index in [0.717, 1.165) is 0 Å². The topological polar surface area (TPSA) is 46.2 Å². The molecule has 0 atom stereocenters. The summed E-state index contributed by atoms with van der Waals surface area (Å²) >= 11 is 0. The predicted octanol–water partition coefficient (Wildman–Crippen LogP) is 0.884. The number of allylic oxidation sites excluding steroid dienone is 1. The SMILES string of the molecule is COC([O])=CCC(C)=O. The summed E-state index contributed by atoms with van der Waals surface area (Å²) in [5.41, 5.74) is 0. The highest BCUT2D eigenvalue weighted by atomic mass is 16.6. The third-order valence-electron chi connectivity index (χ3n) is 0.757. The molecule has 0 aromatic carbocycles. The Hall–Kier alpha value is -0.990. The first kappa shape index (κ1) is 8.01. The van der Waals surface area contributed by atoms with E-state index in [0.29, 0.717) is 0 Å². The zero-order valence-electron chi connectivity index (χ0n) is 5.51. The summed E-state index contributed by atoms with van der Waals surface area (Å²) in [5.74, 6) is -0.495. The van der Waals surface area contributed by atoms with Gasteiger partial charge in [0.25, 0.3) is 0 Å². The van der Waals surface area contributed by atoms with Crippen molar-refractivity contribution < 1.29 is 14.6 Å². The average molecular weight is 129 g/mol. The van der Waals surface area contributed by atoms with Gasteiger partial charge >= 0.3 is 5.95 Å². The van der Waals surface area contributed by atoms with Gasteiger partial charge in [0.1, 0.15) is 5.78 Å². The summed E-state index contributed by atoms with van der Waals surface area (Å²) in [6.45, 7) is 1.42. The molecule has 0 bridgehead atoms. The van der Waals surface area contributed by atoms with Crippen molar-refractivity contribution in [3.63, 3.8) is 0 Å². The maximum atomic E-state index is 10.3. The summed E-state index contributed by atoms with van der Waals surface area (Å²) in [7, 11) is 1.28. The number of hydrogen-bond acceptors (Lipinski definition) is 2. The van der Waals surface area contributed by atoms with Crippen molar-refractivity contribution >= 4 is 5.78 Å². The minimum Gasteiger partial charge on any atom is -0.466 e. The normalized spacial score (nSPS) is 11.1. The number of hydrogen-bond donors (Lipinski definition) is 0. The van der Waals surface area contributed by atoms with Gasteiger partial charge in [0, 0.05) is 12.5 Å². The molecule has 0 heterocycles. The smallest absolute Gasteiger partial charge is 0.326 e. The summed E-state index contributed by atoms with van der Waals surface area (Å²) in [4.78, 5) is 10.2. The lowest BCUT2D eigenvalue weighted by atomic mass is 10.3. The second-order valence-corrected chi connectivity index (χ2v) is 1.63. The standard InChI is InChI=1S/C6H9O3/c1-5(7)3-4-6(8)9-2/h4H,3H2,1-2H3. The van der Waals surface area contributed by atoms with Crippen LogP contribution in [-0.4, -0.2) is 12.9 Å². The first-order valence-corrected chi connectivity index (χ1v) is 2.57. The lowest BCUT2D eigenvalue weighted by Crippen LogP contribution is -1.88. The van der Waals surface area contributed by atoms with Crippen LogP contribution in [0.5, 0.6) is 0 Å². The molecule has 0 aromatic rings. The summed E-state index contributed by atoms with van der Waals surface area (Å²) < 4.78 is 4.25. The van der Waals surface area contributed by atoms with E-state index < -0.39 is 5.95 Å². The quantitative estimate of drug-likeness (QED) is 0.531. The second-order valence-electron chi connectivity index (χ2n) is 1.63. The molecule has 0 N–H and O–H groups in total. The Labute approximate surface area is 53.9 Å². The lowest BCUT2D eigenvalue weighted by Gasteiger charge is -1.89. The van der Waals surface area contributed by atoms with E-state index in [1.54, 1.807) is 0 Å². The molecule has 0 fully saturated rings. The van der Waals surface area contributed by atoms with Crippen LogP contribution >= 0.6 is 0 Å². The largest absolute Gasteiger partial charge is 0.466 e. The minimum absolute atomic E-state index is 0.0413. The molecule has 0 aliphatic carbocycles. The number of rotatable bonds is 3. The first-order chi connectivity index (χ1) is 4.16. The number of ether oxygens (including phenoxy) is 1. The summed E-state index contributed by atoms with van der Waals surface area (Å²) in [6, 6.07) is 0. The monoisotopic (exact) mass is 129 g/mol. The molecule has 0 unspecified atom stereocenters. The third kappa shape index (κ3) is 4.87. The van der Waals surface area contributed by atoms with Crippen LogP contribution in [0.3, 0.4) is 0 Å². The molecule has 0 aromatic heterocycles. The molecule has 9 heavy (non-hydrogen) atoms. The molecule has 1 radical (unpaired) electrons. The van der Waals surface area contributed by atoms with Crippen molar-refractivity contribution in [1.29, 1.82) is 0 Å². The fourth-order valence-corrected chi connectivity index (χ4v) is 0.310. The molecule has 0 saturated carbocycles. The van der Waals surface area contributed by atoms with E-state index in [4.69, 9.17) is 0 Å². The Balaban J connectivity index is 3.56. The zero-order chi connectivity index (χ0) is 7.28. The van der Waals surface area contributed by atoms with Gasteiger partial charge in [0.15, 0.2) is 0 Å². The van der Waals surface area contributed by atoms with Gasteiger partial charge in [-0.2, -0.15) is 0 Å². The molecule has 0 aliphatic rings. The Morgan fingerprint density at radius 2 is 2.22 bits per heavy atom. The minimum atomic E-state index is -0.454. The van der Waals surface area contributed by atoms with Crippen LogP contribution in [0.4, 0.5) is 0 Å². The second kappa shape index (κ2) is 3.95. The molecule has 0 rings (SSSR count). The van der Waals surface area contributed by atoms with E-state index in [1.807, 2.05) is 0 Å². The van der Waals surface area contributed by atoms with Crippen molar-refractivity contribution in [3.05, 3.63) is 12.0 Å². The highest BCUT2D eigenvalue weighted by molar-refractivity contribution is 5.76. The molecular weight excluding hydrogens is 120 g/mol. The van der Waals surface area contributed by atoms with Gasteiger partial charge < -0.3 is 4.74 Å². The van der Waals surface area contributed by atoms with Gasteiger partial charge in [-0.15, -0.1) is 0 Å². The van der Waals surface area contributed by atoms with Crippen LogP contribution in [0.15, 0.2) is 12.0 Å². The molecular formula is C6H9O3. The number of carbonyl (C=O) groups excluding carboxylic acids is 1. The van der Waals surface area contributed by atoms with E-state index >= 15 is 0 Å². The van der Waals surface area contributed by atoms with E-state index in [2.05, 4.69) is 4.74 Å². The summed E-state index contributed by atoms with van der Waals surface area (Å²) in [6.07, 6.45) is 1.37. The van der Waals surface area contributed by atoms with Crippen LogP contribution in [0.25, 0.3) is 0 Å². The lowest BCUT2D eigenvalue weighted by molar-refractivity contribution is -0.116. The molecule has 0 aliphatic heterocycles. The number of ketones is 1. The summed E-state index contributed by atoms with van der Waals surface area (Å²) in [5, 5.41) is 10.3. The van der Waals surface area contributed by atoms with E-state index in [1.165, 1.54) is 20.1 Å². The van der Waals surface area contributed by atoms with Crippen molar-refractivity contribution in [2.75, 3.05) is 7.11 Å². The van der Waals surface area contributed by atoms with Gasteiger partial charge in [-0.1, -0.05) is 0 Å². The molecule has 51 valence electrons. The first-order valence-electron chi connectivity index (χ1n) is 2.57. The van der Waals surface area contributed by atoms with Gasteiger partial charge in [0.05, 0.1) is 7.11 Å². The van der Waals surface area contributed by atoms with Gasteiger partial charge in [-0.25, -0.2) is 5.11 Å². The fraction of sp³-hybridized carbons (Fsp3) is 0.500. The van der Waals surface area contributed by atoms with Crippen molar-refractivity contribution in [3.8, 4) is 0 Å². The third-order valence-corrected chi connectivity index (χ3v) is 0.757. The number of carbonyl (C=O) groups is 1. The van der Waals surface area contributed by atoms with Crippen LogP contribution in [0.1, 0.15) is 13.3 Å². The van der Waals surface area contributed by atoms with Crippen LogP contribution < -0.4 is 0 Å². The van der Waals surface area contributed by atoms with Crippen molar-refractivity contribution in [2.24, 2.45) is 0 Å². The molecule has 0 saturated heterocycles. The van der Waals surface area contributed by atoms with E-state index in [-0.39, 0.29) is 12.2 Å². The predicted molar refractivity (Wildman–Crippen MR) is 31.1 cm³/mol. The molecule has 3 heteroatoms. The molecule has 0 amide bonds. The van der Waals surface area contributed by atoms with Gasteiger partial charge in [-0.05, 0) is 6.92 Å². The van der Waals surface area contributed by atoms with Gasteiger partial charge in [0.2, 0.25) is 0 Å². The Kier molecular flexibility index (Phi) is 3.51. The Morgan fingerprint density at radius 1 is 1.67 bits per heavy atom. The highest BCUT2D eigenvalue weighted by Gasteiger charge is 1.93. The van der Waals surface area contributed by atoms with Crippen LogP contribution in [-0.2, 0) is 14.6 Å². The Morgan fingerprint density at radius 3 is 2.56 bits per heavy atom. The highest BCUT2D eigenvalue weighted by Crippen LogP contribution is 1.92. The molecule has 0 spiro atoms. The van der Waals surface area contributed by atoms with Gasteiger partial charge in [-0.3, -0.25) is 4.79 Å². The maximum Gasteiger partial charge on any atom is 0.326 e. The van der Waals surface area contributed by atoms with E-state index in [9.17, 15) is 9.90 Å². The number of methoxy groups -OCH3 is 1. The zero-order valence-corrected chi connectivity index (χ0v) is 5.51. The van der Waals surface area contributed by atoms with Crippen molar-refractivity contribution in [2.45, 2.75) is 13.3 Å². The van der Waals surface area contributed by atoms with Crippen LogP contribution in [0.2, 0.25) is 0 Å². The average Bonchev–Trinajstić information content (AvgIpc) is 1.83. The fourth-order valence-electron chi connectivity index (χ4n) is 0.310. The van der Waals surface area contributed by atoms with Crippen molar-refractivity contribution in [1.82, 2.24) is 0 Å². The maximum absolute atomic E-state index is 10.3.